The Bertz CT molecular complexity index is 377. The molecule has 0 unspecified atom stereocenters. The van der Waals surface area contributed by atoms with Crippen LogP contribution in [-0.4, -0.2) is 12.6 Å². The quantitative estimate of drug-likeness (QED) is 0.637. The van der Waals surface area contributed by atoms with Crippen LogP contribution in [0.3, 0.4) is 0 Å². The number of hydrogen-bond donors (Lipinski definition) is 1. The van der Waals surface area contributed by atoms with Crippen molar-refractivity contribution >= 4 is 23.3 Å². The van der Waals surface area contributed by atoms with Gasteiger partial charge in [-0.3, -0.25) is 4.79 Å². The van der Waals surface area contributed by atoms with Crippen molar-refractivity contribution in [2.24, 2.45) is 0 Å². The molecule has 0 aromatic heterocycles. The fourth-order valence-electron chi connectivity index (χ4n) is 1.28. The highest BCUT2D eigenvalue weighted by atomic mass is 35.5. The summed E-state index contributed by atoms with van der Waals surface area (Å²) in [4.78, 5) is 11.3. The molecule has 0 radical (unpaired) electrons. The molecule has 0 atom stereocenters. The molecule has 0 aliphatic heterocycles. The second-order valence-corrected chi connectivity index (χ2v) is 3.63. The van der Waals surface area contributed by atoms with Gasteiger partial charge in [-0.15, -0.1) is 0 Å². The van der Waals surface area contributed by atoms with Gasteiger partial charge < -0.3 is 10.5 Å². The molecule has 0 aliphatic rings. The minimum Gasteiger partial charge on any atom is -0.466 e. The van der Waals surface area contributed by atoms with Gasteiger partial charge in [0.05, 0.1) is 13.0 Å². The zero-order valence-corrected chi connectivity index (χ0v) is 9.60. The Balaban J connectivity index is 2.87. The first-order chi connectivity index (χ1) is 7.06. The molecule has 0 saturated heterocycles. The lowest BCUT2D eigenvalue weighted by Gasteiger charge is -2.09. The number of halogens is 1. The number of nitrogen functional groups attached to an aromatic ring is 1. The molecule has 0 amide bonds. The van der Waals surface area contributed by atoms with E-state index in [2.05, 4.69) is 0 Å². The number of ether oxygens (including phenoxy) is 1. The first-order valence-electron chi connectivity index (χ1n) is 4.75. The van der Waals surface area contributed by atoms with Crippen molar-refractivity contribution in [3.05, 3.63) is 28.3 Å². The van der Waals surface area contributed by atoms with Gasteiger partial charge in [-0.2, -0.15) is 0 Å². The van der Waals surface area contributed by atoms with Crippen LogP contribution in [0.1, 0.15) is 18.1 Å². The molecule has 82 valence electrons. The lowest BCUT2D eigenvalue weighted by atomic mass is 10.1. The van der Waals surface area contributed by atoms with E-state index < -0.39 is 0 Å². The summed E-state index contributed by atoms with van der Waals surface area (Å²) in [6.45, 7) is 3.98. The van der Waals surface area contributed by atoms with Crippen LogP contribution in [0.4, 0.5) is 5.69 Å². The van der Waals surface area contributed by atoms with E-state index in [0.29, 0.717) is 17.3 Å². The van der Waals surface area contributed by atoms with Gasteiger partial charge in [-0.25, -0.2) is 0 Å². The standard InChI is InChI=1S/C11H14ClNO2/c1-3-15-10(14)6-8-4-5-9(12)7(2)11(8)13/h4-5H,3,6,13H2,1-2H3. The van der Waals surface area contributed by atoms with E-state index in [0.717, 1.165) is 11.1 Å². The van der Waals surface area contributed by atoms with Crippen molar-refractivity contribution < 1.29 is 9.53 Å². The molecule has 0 saturated carbocycles. The first-order valence-corrected chi connectivity index (χ1v) is 5.13. The van der Waals surface area contributed by atoms with Gasteiger partial charge in [0.2, 0.25) is 0 Å². The molecule has 0 heterocycles. The topological polar surface area (TPSA) is 52.3 Å². The van der Waals surface area contributed by atoms with Gasteiger partial charge in [-0.1, -0.05) is 17.7 Å². The molecular formula is C11H14ClNO2. The highest BCUT2D eigenvalue weighted by molar-refractivity contribution is 6.31. The highest BCUT2D eigenvalue weighted by Gasteiger charge is 2.10. The molecule has 0 bridgehead atoms. The maximum atomic E-state index is 11.3. The summed E-state index contributed by atoms with van der Waals surface area (Å²) in [6.07, 6.45) is 0.192. The summed E-state index contributed by atoms with van der Waals surface area (Å²) >= 11 is 5.89. The van der Waals surface area contributed by atoms with E-state index in [-0.39, 0.29) is 12.4 Å². The van der Waals surface area contributed by atoms with Crippen molar-refractivity contribution in [3.63, 3.8) is 0 Å². The number of carbonyl (C=O) groups excluding carboxylic acids is 1. The molecule has 3 nitrogen and oxygen atoms in total. The van der Waals surface area contributed by atoms with Crippen molar-refractivity contribution in [3.8, 4) is 0 Å². The van der Waals surface area contributed by atoms with E-state index in [1.54, 1.807) is 19.1 Å². The van der Waals surface area contributed by atoms with Crippen LogP contribution in [0.15, 0.2) is 12.1 Å². The molecule has 0 spiro atoms. The van der Waals surface area contributed by atoms with Crippen LogP contribution in [0.5, 0.6) is 0 Å². The Labute approximate surface area is 94.2 Å². The SMILES string of the molecule is CCOC(=O)Cc1ccc(Cl)c(C)c1N. The number of carbonyl (C=O) groups is 1. The molecular weight excluding hydrogens is 214 g/mol. The number of benzene rings is 1. The molecule has 4 heteroatoms. The summed E-state index contributed by atoms with van der Waals surface area (Å²) in [5.74, 6) is -0.272. The van der Waals surface area contributed by atoms with E-state index in [4.69, 9.17) is 22.1 Å². The summed E-state index contributed by atoms with van der Waals surface area (Å²) in [6, 6.07) is 3.49. The Morgan fingerprint density at radius 1 is 1.53 bits per heavy atom. The van der Waals surface area contributed by atoms with Gasteiger partial charge in [-0.05, 0) is 31.0 Å². The fourth-order valence-corrected chi connectivity index (χ4v) is 1.44. The number of rotatable bonds is 3. The number of esters is 1. The summed E-state index contributed by atoms with van der Waals surface area (Å²) in [7, 11) is 0. The van der Waals surface area contributed by atoms with E-state index in [1.807, 2.05) is 6.92 Å². The number of hydrogen-bond acceptors (Lipinski definition) is 3. The van der Waals surface area contributed by atoms with Gasteiger partial charge in [0.15, 0.2) is 0 Å². The van der Waals surface area contributed by atoms with E-state index in [9.17, 15) is 4.79 Å². The Morgan fingerprint density at radius 3 is 2.80 bits per heavy atom. The largest absolute Gasteiger partial charge is 0.466 e. The molecule has 1 aromatic rings. The van der Waals surface area contributed by atoms with Crippen molar-refractivity contribution in [1.29, 1.82) is 0 Å². The molecule has 1 aromatic carbocycles. The molecule has 0 aliphatic carbocycles. The van der Waals surface area contributed by atoms with Crippen LogP contribution in [0.25, 0.3) is 0 Å². The lowest BCUT2D eigenvalue weighted by Crippen LogP contribution is -2.09. The van der Waals surface area contributed by atoms with Gasteiger partial charge in [0, 0.05) is 10.7 Å². The zero-order chi connectivity index (χ0) is 11.4. The van der Waals surface area contributed by atoms with Crippen molar-refractivity contribution in [1.82, 2.24) is 0 Å². The average Bonchev–Trinajstić information content (AvgIpc) is 2.20. The van der Waals surface area contributed by atoms with Gasteiger partial charge >= 0.3 is 5.97 Å². The third-order valence-electron chi connectivity index (χ3n) is 2.18. The highest BCUT2D eigenvalue weighted by Crippen LogP contribution is 2.25. The Hall–Kier alpha value is -1.22. The maximum absolute atomic E-state index is 11.3. The molecule has 1 rings (SSSR count). The van der Waals surface area contributed by atoms with E-state index >= 15 is 0 Å². The van der Waals surface area contributed by atoms with E-state index in [1.165, 1.54) is 0 Å². The normalized spacial score (nSPS) is 10.1. The molecule has 2 N–H and O–H groups in total. The van der Waals surface area contributed by atoms with Crippen LogP contribution >= 0.6 is 11.6 Å². The van der Waals surface area contributed by atoms with Crippen LogP contribution < -0.4 is 5.73 Å². The predicted octanol–water partition coefficient (Wildman–Crippen LogP) is 2.34. The average molecular weight is 228 g/mol. The number of nitrogens with two attached hydrogens (primary N) is 1. The van der Waals surface area contributed by atoms with Crippen LogP contribution in [-0.2, 0) is 16.0 Å². The number of anilines is 1. The zero-order valence-electron chi connectivity index (χ0n) is 8.84. The van der Waals surface area contributed by atoms with Crippen molar-refractivity contribution in [2.45, 2.75) is 20.3 Å². The fraction of sp³-hybridized carbons (Fsp3) is 0.364. The Morgan fingerprint density at radius 2 is 2.20 bits per heavy atom. The summed E-state index contributed by atoms with van der Waals surface area (Å²) in [5.41, 5.74) is 7.96. The van der Waals surface area contributed by atoms with Crippen LogP contribution in [0, 0.1) is 6.92 Å². The summed E-state index contributed by atoms with van der Waals surface area (Å²) in [5, 5.41) is 0.611. The minimum absolute atomic E-state index is 0.192. The maximum Gasteiger partial charge on any atom is 0.310 e. The predicted molar refractivity (Wildman–Crippen MR) is 60.9 cm³/mol. The molecule has 15 heavy (non-hydrogen) atoms. The third kappa shape index (κ3) is 2.86. The minimum atomic E-state index is -0.272. The lowest BCUT2D eigenvalue weighted by molar-refractivity contribution is -0.142. The third-order valence-corrected chi connectivity index (χ3v) is 2.59. The van der Waals surface area contributed by atoms with Gasteiger partial charge in [0.25, 0.3) is 0 Å². The second-order valence-electron chi connectivity index (χ2n) is 3.23. The Kier molecular flexibility index (Phi) is 3.97. The monoisotopic (exact) mass is 227 g/mol. The summed E-state index contributed by atoms with van der Waals surface area (Å²) < 4.78 is 4.84. The second kappa shape index (κ2) is 5.03. The van der Waals surface area contributed by atoms with Gasteiger partial charge in [0.1, 0.15) is 0 Å². The smallest absolute Gasteiger partial charge is 0.310 e. The molecule has 0 fully saturated rings. The van der Waals surface area contributed by atoms with Crippen LogP contribution in [0.2, 0.25) is 5.02 Å². The van der Waals surface area contributed by atoms with Crippen molar-refractivity contribution in [2.75, 3.05) is 12.3 Å². The first kappa shape index (κ1) is 11.9.